The highest BCUT2D eigenvalue weighted by atomic mass is 16.5. The van der Waals surface area contributed by atoms with Crippen LogP contribution < -0.4 is 0 Å². The average Bonchev–Trinajstić information content (AvgIpc) is 2.79. The molecule has 0 saturated heterocycles. The first-order chi connectivity index (χ1) is 15.6. The minimum atomic E-state index is -0.836. The molecular formula is C28H52O4. The zero-order valence-electron chi connectivity index (χ0n) is 21.3. The number of unbranched alkanes of at least 4 members (excludes halogenated alkanes) is 13. The van der Waals surface area contributed by atoms with Crippen LogP contribution in [0.5, 0.6) is 0 Å². The van der Waals surface area contributed by atoms with Gasteiger partial charge in [0, 0.05) is 0 Å². The standard InChI is InChI=1S/C28H52O4/c1-3-5-7-9-10-11-12-13-15-17-21-24(20-16-14-8-6-4-2)32-28(31)26-23-19-18-22-25(26)27(29)30/h24-26H,3-23H2,1-2H3,(H,29,30). The monoisotopic (exact) mass is 452 g/mol. The summed E-state index contributed by atoms with van der Waals surface area (Å²) in [7, 11) is 0. The van der Waals surface area contributed by atoms with Gasteiger partial charge in [0.05, 0.1) is 11.8 Å². The number of esters is 1. The summed E-state index contributed by atoms with van der Waals surface area (Å²) in [6.45, 7) is 4.48. The van der Waals surface area contributed by atoms with E-state index in [4.69, 9.17) is 4.74 Å². The fraction of sp³-hybridized carbons (Fsp3) is 0.929. The van der Waals surface area contributed by atoms with Crippen molar-refractivity contribution < 1.29 is 19.4 Å². The van der Waals surface area contributed by atoms with Crippen molar-refractivity contribution in [3.8, 4) is 0 Å². The van der Waals surface area contributed by atoms with Crippen LogP contribution in [0.4, 0.5) is 0 Å². The van der Waals surface area contributed by atoms with Crippen LogP contribution in [0, 0.1) is 11.8 Å². The molecule has 0 aromatic rings. The zero-order chi connectivity index (χ0) is 23.4. The number of carboxylic acids is 1. The van der Waals surface area contributed by atoms with Gasteiger partial charge in [-0.15, -0.1) is 0 Å². The van der Waals surface area contributed by atoms with Gasteiger partial charge in [-0.25, -0.2) is 0 Å². The molecule has 1 rings (SSSR count). The highest BCUT2D eigenvalue weighted by molar-refractivity contribution is 5.81. The van der Waals surface area contributed by atoms with E-state index < -0.39 is 17.8 Å². The second-order valence-corrected chi connectivity index (χ2v) is 10.1. The van der Waals surface area contributed by atoms with E-state index in [-0.39, 0.29) is 12.1 Å². The van der Waals surface area contributed by atoms with Gasteiger partial charge in [-0.3, -0.25) is 9.59 Å². The number of hydrogen-bond acceptors (Lipinski definition) is 3. The fourth-order valence-electron chi connectivity index (χ4n) is 5.06. The van der Waals surface area contributed by atoms with E-state index in [1.165, 1.54) is 83.5 Å². The van der Waals surface area contributed by atoms with Crippen molar-refractivity contribution in [2.75, 3.05) is 0 Å². The maximum atomic E-state index is 12.9. The van der Waals surface area contributed by atoms with E-state index >= 15 is 0 Å². The Morgan fingerprint density at radius 3 is 1.53 bits per heavy atom. The Balaban J connectivity index is 2.36. The molecule has 1 N–H and O–H groups in total. The van der Waals surface area contributed by atoms with Gasteiger partial charge in [-0.2, -0.15) is 0 Å². The van der Waals surface area contributed by atoms with Crippen LogP contribution in [0.25, 0.3) is 0 Å². The Morgan fingerprint density at radius 2 is 1.09 bits per heavy atom. The number of carbonyl (C=O) groups is 2. The van der Waals surface area contributed by atoms with E-state index in [0.29, 0.717) is 12.8 Å². The Bertz CT molecular complexity index is 476. The summed E-state index contributed by atoms with van der Waals surface area (Å²) in [5, 5.41) is 9.51. The number of carbonyl (C=O) groups excluding carboxylic acids is 1. The molecule has 0 radical (unpaired) electrons. The van der Waals surface area contributed by atoms with Gasteiger partial charge in [-0.05, 0) is 38.5 Å². The summed E-state index contributed by atoms with van der Waals surface area (Å²) in [5.41, 5.74) is 0. The van der Waals surface area contributed by atoms with Gasteiger partial charge in [0.25, 0.3) is 0 Å². The SMILES string of the molecule is CCCCCCCCCCCCC(CCCCCCC)OC(=O)C1CCCCC1C(=O)O. The third-order valence-corrected chi connectivity index (χ3v) is 7.18. The fourth-order valence-corrected chi connectivity index (χ4v) is 5.06. The van der Waals surface area contributed by atoms with Crippen LogP contribution in [0.1, 0.15) is 149 Å². The average molecular weight is 453 g/mol. The predicted molar refractivity (Wildman–Crippen MR) is 133 cm³/mol. The molecule has 0 heterocycles. The Morgan fingerprint density at radius 1 is 0.688 bits per heavy atom. The summed E-state index contributed by atoms with van der Waals surface area (Å²) in [5.74, 6) is -2.09. The summed E-state index contributed by atoms with van der Waals surface area (Å²) in [4.78, 5) is 24.4. The van der Waals surface area contributed by atoms with Gasteiger partial charge in [0.1, 0.15) is 6.10 Å². The Hall–Kier alpha value is -1.06. The zero-order valence-corrected chi connectivity index (χ0v) is 21.3. The molecule has 1 fully saturated rings. The third kappa shape index (κ3) is 13.5. The molecule has 3 atom stereocenters. The van der Waals surface area contributed by atoms with E-state index in [9.17, 15) is 14.7 Å². The lowest BCUT2D eigenvalue weighted by Crippen LogP contribution is -2.35. The van der Waals surface area contributed by atoms with E-state index in [0.717, 1.165) is 38.5 Å². The molecule has 0 amide bonds. The van der Waals surface area contributed by atoms with E-state index in [1.54, 1.807) is 0 Å². The van der Waals surface area contributed by atoms with Crippen molar-refractivity contribution in [2.45, 2.75) is 155 Å². The number of aliphatic carboxylic acids is 1. The van der Waals surface area contributed by atoms with Crippen molar-refractivity contribution >= 4 is 11.9 Å². The Kier molecular flexibility index (Phi) is 17.6. The first-order valence-corrected chi connectivity index (χ1v) is 14.0. The molecule has 0 spiro atoms. The van der Waals surface area contributed by atoms with Crippen LogP contribution in [0.2, 0.25) is 0 Å². The number of rotatable bonds is 20. The normalized spacial score (nSPS) is 19.6. The Labute approximate surface area is 198 Å². The third-order valence-electron chi connectivity index (χ3n) is 7.18. The van der Waals surface area contributed by atoms with Gasteiger partial charge in [-0.1, -0.05) is 110 Å². The summed E-state index contributed by atoms with van der Waals surface area (Å²) >= 11 is 0. The molecule has 1 saturated carbocycles. The molecule has 3 unspecified atom stereocenters. The first kappa shape index (κ1) is 29.0. The van der Waals surface area contributed by atoms with Crippen LogP contribution in [-0.2, 0) is 14.3 Å². The van der Waals surface area contributed by atoms with Gasteiger partial charge < -0.3 is 9.84 Å². The molecule has 32 heavy (non-hydrogen) atoms. The number of ether oxygens (including phenoxy) is 1. The summed E-state index contributed by atoms with van der Waals surface area (Å²) < 4.78 is 5.96. The minimum Gasteiger partial charge on any atom is -0.481 e. The van der Waals surface area contributed by atoms with Crippen LogP contribution in [0.3, 0.4) is 0 Å². The minimum absolute atomic E-state index is 0.0328. The molecule has 4 nitrogen and oxygen atoms in total. The molecule has 0 aromatic carbocycles. The lowest BCUT2D eigenvalue weighted by Gasteiger charge is -2.29. The molecule has 0 aliphatic heterocycles. The highest BCUT2D eigenvalue weighted by Gasteiger charge is 2.37. The largest absolute Gasteiger partial charge is 0.481 e. The van der Waals surface area contributed by atoms with Gasteiger partial charge in [0.15, 0.2) is 0 Å². The molecule has 1 aliphatic rings. The molecule has 4 heteroatoms. The second-order valence-electron chi connectivity index (χ2n) is 10.1. The van der Waals surface area contributed by atoms with Crippen molar-refractivity contribution in [3.63, 3.8) is 0 Å². The molecule has 0 bridgehead atoms. The number of hydrogen-bond donors (Lipinski definition) is 1. The molecule has 1 aliphatic carbocycles. The van der Waals surface area contributed by atoms with Gasteiger partial charge >= 0.3 is 11.9 Å². The maximum Gasteiger partial charge on any atom is 0.310 e. The topological polar surface area (TPSA) is 63.6 Å². The molecule has 188 valence electrons. The summed E-state index contributed by atoms with van der Waals surface area (Å²) in [6, 6.07) is 0. The lowest BCUT2D eigenvalue weighted by molar-refractivity contribution is -0.164. The quantitative estimate of drug-likeness (QED) is 0.149. The van der Waals surface area contributed by atoms with Crippen molar-refractivity contribution in [1.29, 1.82) is 0 Å². The van der Waals surface area contributed by atoms with Crippen molar-refractivity contribution in [1.82, 2.24) is 0 Å². The van der Waals surface area contributed by atoms with Crippen LogP contribution in [-0.4, -0.2) is 23.1 Å². The van der Waals surface area contributed by atoms with E-state index in [2.05, 4.69) is 13.8 Å². The van der Waals surface area contributed by atoms with Gasteiger partial charge in [0.2, 0.25) is 0 Å². The second kappa shape index (κ2) is 19.4. The predicted octanol–water partition coefficient (Wildman–Crippen LogP) is 8.46. The maximum absolute atomic E-state index is 12.9. The lowest BCUT2D eigenvalue weighted by atomic mass is 9.79. The highest BCUT2D eigenvalue weighted by Crippen LogP contribution is 2.32. The van der Waals surface area contributed by atoms with E-state index in [1.807, 2.05) is 0 Å². The molecular weight excluding hydrogens is 400 g/mol. The molecule has 0 aromatic heterocycles. The van der Waals surface area contributed by atoms with Crippen molar-refractivity contribution in [2.24, 2.45) is 11.8 Å². The van der Waals surface area contributed by atoms with Crippen molar-refractivity contribution in [3.05, 3.63) is 0 Å². The summed E-state index contributed by atoms with van der Waals surface area (Å²) in [6.07, 6.45) is 24.0. The van der Waals surface area contributed by atoms with Crippen LogP contribution >= 0.6 is 0 Å². The van der Waals surface area contributed by atoms with Crippen LogP contribution in [0.15, 0.2) is 0 Å². The first-order valence-electron chi connectivity index (χ1n) is 14.0. The smallest absolute Gasteiger partial charge is 0.310 e. The number of carboxylic acid groups (broad SMARTS) is 1.